The lowest BCUT2D eigenvalue weighted by molar-refractivity contribution is 0.363. The van der Waals surface area contributed by atoms with Gasteiger partial charge in [0.1, 0.15) is 0 Å². The summed E-state index contributed by atoms with van der Waals surface area (Å²) in [6.07, 6.45) is 4.25. The smallest absolute Gasteiger partial charge is 0.0233 e. The Balaban J connectivity index is 2.40. The maximum atomic E-state index is 2.29. The molecule has 0 fully saturated rings. The van der Waals surface area contributed by atoms with Crippen LogP contribution in [-0.2, 0) is 6.54 Å². The highest BCUT2D eigenvalue weighted by Gasteiger charge is 1.95. The fourth-order valence-corrected chi connectivity index (χ4v) is 1.24. The molecule has 0 aliphatic carbocycles. The van der Waals surface area contributed by atoms with Gasteiger partial charge in [-0.25, -0.2) is 0 Å². The van der Waals surface area contributed by atoms with E-state index in [0.717, 1.165) is 13.1 Å². The molecule has 0 saturated carbocycles. The van der Waals surface area contributed by atoms with E-state index in [1.807, 2.05) is 0 Å². The lowest BCUT2D eigenvalue weighted by Gasteiger charge is -2.13. The van der Waals surface area contributed by atoms with Crippen molar-refractivity contribution < 1.29 is 0 Å². The molecule has 0 heterocycles. The van der Waals surface area contributed by atoms with Crippen molar-refractivity contribution in [2.75, 3.05) is 13.6 Å². The van der Waals surface area contributed by atoms with Gasteiger partial charge in [0.25, 0.3) is 0 Å². The van der Waals surface area contributed by atoms with Crippen LogP contribution in [0, 0.1) is 0 Å². The molecule has 0 atom stereocenters. The first-order valence-electron chi connectivity index (χ1n) is 4.66. The van der Waals surface area contributed by atoms with Gasteiger partial charge in [0.15, 0.2) is 0 Å². The van der Waals surface area contributed by atoms with E-state index in [-0.39, 0.29) is 0 Å². The Hall–Kier alpha value is -1.08. The highest BCUT2D eigenvalue weighted by molar-refractivity contribution is 5.14. The predicted octanol–water partition coefficient (Wildman–Crippen LogP) is 2.69. The molecular weight excluding hydrogens is 158 g/mol. The summed E-state index contributed by atoms with van der Waals surface area (Å²) in [5.41, 5.74) is 1.37. The fourth-order valence-electron chi connectivity index (χ4n) is 1.24. The van der Waals surface area contributed by atoms with E-state index < -0.39 is 0 Å². The Kier molecular flexibility index (Phi) is 4.27. The molecule has 0 aliphatic rings. The van der Waals surface area contributed by atoms with Gasteiger partial charge in [0.2, 0.25) is 0 Å². The number of allylic oxidation sites excluding steroid dienone is 1. The quantitative estimate of drug-likeness (QED) is 0.636. The van der Waals surface area contributed by atoms with Crippen LogP contribution in [-0.4, -0.2) is 18.5 Å². The first kappa shape index (κ1) is 10.0. The first-order valence-corrected chi connectivity index (χ1v) is 4.66. The van der Waals surface area contributed by atoms with Crippen molar-refractivity contribution in [1.82, 2.24) is 4.90 Å². The van der Waals surface area contributed by atoms with Gasteiger partial charge in [-0.2, -0.15) is 0 Å². The Morgan fingerprint density at radius 2 is 1.92 bits per heavy atom. The molecule has 0 unspecified atom stereocenters. The molecular formula is C12H17N. The molecule has 1 aromatic carbocycles. The van der Waals surface area contributed by atoms with Crippen LogP contribution in [0.5, 0.6) is 0 Å². The number of nitrogens with zero attached hydrogens (tertiary/aromatic N) is 1. The Morgan fingerprint density at radius 3 is 2.54 bits per heavy atom. The predicted molar refractivity (Wildman–Crippen MR) is 57.6 cm³/mol. The van der Waals surface area contributed by atoms with E-state index >= 15 is 0 Å². The largest absolute Gasteiger partial charge is 0.298 e. The molecule has 0 aromatic heterocycles. The lowest BCUT2D eigenvalue weighted by Crippen LogP contribution is -2.17. The van der Waals surface area contributed by atoms with Gasteiger partial charge < -0.3 is 0 Å². The number of hydrogen-bond donors (Lipinski definition) is 0. The molecule has 1 nitrogen and oxygen atoms in total. The maximum Gasteiger partial charge on any atom is 0.0233 e. The highest BCUT2D eigenvalue weighted by Crippen LogP contribution is 2.01. The number of rotatable bonds is 4. The van der Waals surface area contributed by atoms with Gasteiger partial charge >= 0.3 is 0 Å². The summed E-state index contributed by atoms with van der Waals surface area (Å²) >= 11 is 0. The summed E-state index contributed by atoms with van der Waals surface area (Å²) < 4.78 is 0. The third-order valence-corrected chi connectivity index (χ3v) is 1.95. The lowest BCUT2D eigenvalue weighted by atomic mass is 10.2. The van der Waals surface area contributed by atoms with Gasteiger partial charge in [0.05, 0.1) is 0 Å². The molecule has 0 amide bonds. The summed E-state index contributed by atoms with van der Waals surface area (Å²) in [5, 5.41) is 0. The van der Waals surface area contributed by atoms with E-state index in [9.17, 15) is 0 Å². The third kappa shape index (κ3) is 3.90. The molecule has 0 saturated heterocycles. The highest BCUT2D eigenvalue weighted by atomic mass is 15.1. The van der Waals surface area contributed by atoms with Crippen LogP contribution >= 0.6 is 0 Å². The van der Waals surface area contributed by atoms with E-state index in [0.29, 0.717) is 0 Å². The van der Waals surface area contributed by atoms with Gasteiger partial charge in [-0.05, 0) is 19.5 Å². The monoisotopic (exact) mass is 175 g/mol. The summed E-state index contributed by atoms with van der Waals surface area (Å²) in [5.74, 6) is 0. The van der Waals surface area contributed by atoms with E-state index in [1.165, 1.54) is 5.56 Å². The van der Waals surface area contributed by atoms with Crippen LogP contribution < -0.4 is 0 Å². The molecule has 0 bridgehead atoms. The van der Waals surface area contributed by atoms with E-state index in [2.05, 4.69) is 61.4 Å². The van der Waals surface area contributed by atoms with Crippen molar-refractivity contribution >= 4 is 0 Å². The molecule has 70 valence electrons. The van der Waals surface area contributed by atoms with Crippen LogP contribution in [0.1, 0.15) is 12.5 Å². The van der Waals surface area contributed by atoms with Crippen molar-refractivity contribution in [2.45, 2.75) is 13.5 Å². The molecule has 0 aliphatic heterocycles. The molecule has 13 heavy (non-hydrogen) atoms. The van der Waals surface area contributed by atoms with Crippen molar-refractivity contribution in [3.63, 3.8) is 0 Å². The average Bonchev–Trinajstić information content (AvgIpc) is 2.16. The summed E-state index contributed by atoms with van der Waals surface area (Å²) in [7, 11) is 2.13. The zero-order chi connectivity index (χ0) is 9.52. The van der Waals surface area contributed by atoms with Crippen LogP contribution in [0.25, 0.3) is 0 Å². The first-order chi connectivity index (χ1) is 6.33. The minimum Gasteiger partial charge on any atom is -0.298 e. The SMILES string of the molecule is C/C=C\CN(C)Cc1ccccc1. The fraction of sp³-hybridized carbons (Fsp3) is 0.333. The number of hydrogen-bond acceptors (Lipinski definition) is 1. The number of benzene rings is 1. The second kappa shape index (κ2) is 5.55. The standard InChI is InChI=1S/C12H17N/c1-3-4-10-13(2)11-12-8-6-5-7-9-12/h3-9H,10-11H2,1-2H3/b4-3-. The topological polar surface area (TPSA) is 3.24 Å². The van der Waals surface area contributed by atoms with Gasteiger partial charge in [-0.1, -0.05) is 42.5 Å². The van der Waals surface area contributed by atoms with E-state index in [4.69, 9.17) is 0 Å². The van der Waals surface area contributed by atoms with Crippen molar-refractivity contribution in [3.8, 4) is 0 Å². The molecule has 0 N–H and O–H groups in total. The van der Waals surface area contributed by atoms with Crippen molar-refractivity contribution in [2.24, 2.45) is 0 Å². The second-order valence-corrected chi connectivity index (χ2v) is 3.25. The van der Waals surface area contributed by atoms with Crippen molar-refractivity contribution in [3.05, 3.63) is 48.0 Å². The minimum absolute atomic E-state index is 1.02. The normalized spacial score (nSPS) is 11.3. The molecule has 0 spiro atoms. The average molecular weight is 175 g/mol. The van der Waals surface area contributed by atoms with E-state index in [1.54, 1.807) is 0 Å². The molecule has 1 rings (SSSR count). The minimum atomic E-state index is 1.02. The van der Waals surface area contributed by atoms with Crippen LogP contribution in [0.15, 0.2) is 42.5 Å². The second-order valence-electron chi connectivity index (χ2n) is 3.25. The Labute approximate surface area is 80.7 Å². The van der Waals surface area contributed by atoms with Gasteiger partial charge in [-0.3, -0.25) is 4.90 Å². The van der Waals surface area contributed by atoms with Gasteiger partial charge in [-0.15, -0.1) is 0 Å². The third-order valence-electron chi connectivity index (χ3n) is 1.95. The number of likely N-dealkylation sites (N-methyl/N-ethyl adjacent to an activating group) is 1. The van der Waals surface area contributed by atoms with Crippen LogP contribution in [0.4, 0.5) is 0 Å². The molecule has 0 radical (unpaired) electrons. The summed E-state index contributed by atoms with van der Waals surface area (Å²) in [6, 6.07) is 10.5. The Bertz CT molecular complexity index is 251. The molecule has 1 heteroatoms. The maximum absolute atomic E-state index is 2.29. The Morgan fingerprint density at radius 1 is 1.23 bits per heavy atom. The van der Waals surface area contributed by atoms with Crippen LogP contribution in [0.2, 0.25) is 0 Å². The van der Waals surface area contributed by atoms with Crippen LogP contribution in [0.3, 0.4) is 0 Å². The zero-order valence-corrected chi connectivity index (χ0v) is 8.40. The van der Waals surface area contributed by atoms with Crippen molar-refractivity contribution in [1.29, 1.82) is 0 Å². The van der Waals surface area contributed by atoms with Gasteiger partial charge in [0, 0.05) is 13.1 Å². The summed E-state index contributed by atoms with van der Waals surface area (Å²) in [4.78, 5) is 2.29. The molecule has 1 aromatic rings. The summed E-state index contributed by atoms with van der Waals surface area (Å²) in [6.45, 7) is 4.09. The zero-order valence-electron chi connectivity index (χ0n) is 8.40.